The number of amides is 1. The Hall–Kier alpha value is -2.30. The van der Waals surface area contributed by atoms with E-state index in [0.717, 1.165) is 36.8 Å². The number of hydrogen-bond acceptors (Lipinski definition) is 6. The van der Waals surface area contributed by atoms with Crippen LogP contribution in [0.15, 0.2) is 54.6 Å². The number of rotatable bonds is 10. The maximum atomic E-state index is 13.3. The smallest absolute Gasteiger partial charge is 0.241 e. The number of hydrogen-bond donors (Lipinski definition) is 4. The highest BCUT2D eigenvalue weighted by Gasteiger charge is 2.31. The van der Waals surface area contributed by atoms with Crippen molar-refractivity contribution in [2.75, 3.05) is 7.05 Å². The number of carbonyl (C=O) groups excluding carboxylic acids is 1. The van der Waals surface area contributed by atoms with E-state index in [4.69, 9.17) is 11.6 Å². The molecule has 1 aliphatic carbocycles. The van der Waals surface area contributed by atoms with E-state index in [1.54, 1.807) is 36.2 Å². The van der Waals surface area contributed by atoms with E-state index in [1.165, 1.54) is 0 Å². The van der Waals surface area contributed by atoms with Crippen LogP contribution in [0, 0.1) is 0 Å². The molecular weight excluding hydrogens is 426 g/mol. The summed E-state index contributed by atoms with van der Waals surface area (Å²) < 4.78 is 28.5. The number of likely N-dealkylation sites (N-methyl/N-ethyl adjacent to an activating group) is 1. The molecule has 0 heterocycles. The molecule has 2 aromatic carbocycles. The Balaban J connectivity index is 1.79. The van der Waals surface area contributed by atoms with Crippen LogP contribution in [-0.4, -0.2) is 38.4 Å². The molecule has 174 valence electrons. The van der Waals surface area contributed by atoms with Gasteiger partial charge in [-0.15, -0.1) is 0 Å². The van der Waals surface area contributed by atoms with E-state index in [1.807, 2.05) is 30.3 Å². The number of benzene rings is 2. The van der Waals surface area contributed by atoms with Crippen LogP contribution in [-0.2, 0) is 27.0 Å². The molecule has 1 saturated carbocycles. The SMILES string of the molecule is CN(C(=O)[C@H](Cc1ccc(C(N)NN)cc1)NS(=O)(=O)Cc1ccccc1)C1CCCC1. The average molecular weight is 460 g/mol. The Kier molecular flexibility index (Phi) is 8.38. The van der Waals surface area contributed by atoms with Crippen LogP contribution in [0.1, 0.15) is 48.5 Å². The van der Waals surface area contributed by atoms with Gasteiger partial charge in [-0.25, -0.2) is 18.6 Å². The lowest BCUT2D eigenvalue weighted by Gasteiger charge is -2.29. The van der Waals surface area contributed by atoms with E-state index >= 15 is 0 Å². The first-order valence-corrected chi connectivity index (χ1v) is 12.6. The molecule has 2 aromatic rings. The lowest BCUT2D eigenvalue weighted by Crippen LogP contribution is -2.51. The van der Waals surface area contributed by atoms with Gasteiger partial charge in [-0.05, 0) is 36.0 Å². The van der Waals surface area contributed by atoms with Crippen LogP contribution in [0.4, 0.5) is 0 Å². The number of hydrazine groups is 1. The van der Waals surface area contributed by atoms with Gasteiger partial charge in [0.1, 0.15) is 6.04 Å². The molecule has 6 N–H and O–H groups in total. The molecule has 0 aromatic heterocycles. The molecular formula is C23H33N5O3S. The fraction of sp³-hybridized carbons (Fsp3) is 0.435. The molecule has 0 saturated heterocycles. The van der Waals surface area contributed by atoms with E-state index in [-0.39, 0.29) is 24.1 Å². The molecule has 1 amide bonds. The molecule has 2 atom stereocenters. The zero-order chi connectivity index (χ0) is 23.1. The van der Waals surface area contributed by atoms with Gasteiger partial charge < -0.3 is 10.6 Å². The standard InChI is InChI=1S/C23H33N5O3S/c1-28(20-9-5-6-10-20)23(29)21(15-17-11-13-19(14-12-17)22(24)26-25)27-32(30,31)16-18-7-3-2-4-8-18/h2-4,7-8,11-14,20-22,26-27H,5-6,9-10,15-16,24-25H2,1H3/t21-,22?/m0/s1. The van der Waals surface area contributed by atoms with Crippen molar-refractivity contribution in [1.29, 1.82) is 0 Å². The minimum absolute atomic E-state index is 0.152. The Morgan fingerprint density at radius 2 is 1.69 bits per heavy atom. The van der Waals surface area contributed by atoms with Crippen LogP contribution in [0.25, 0.3) is 0 Å². The fourth-order valence-corrected chi connectivity index (χ4v) is 5.47. The van der Waals surface area contributed by atoms with E-state index in [0.29, 0.717) is 5.56 Å². The van der Waals surface area contributed by atoms with Gasteiger partial charge in [0, 0.05) is 13.1 Å². The first kappa shape index (κ1) is 24.3. The third kappa shape index (κ3) is 6.60. The Labute approximate surface area is 190 Å². The molecule has 0 aliphatic heterocycles. The minimum Gasteiger partial charge on any atom is -0.341 e. The quantitative estimate of drug-likeness (QED) is 0.242. The summed E-state index contributed by atoms with van der Waals surface area (Å²) in [5, 5.41) is 0. The van der Waals surface area contributed by atoms with E-state index in [9.17, 15) is 13.2 Å². The predicted octanol–water partition coefficient (Wildman–Crippen LogP) is 1.54. The number of nitrogens with two attached hydrogens (primary N) is 2. The summed E-state index contributed by atoms with van der Waals surface area (Å²) in [5.41, 5.74) is 10.7. The molecule has 0 bridgehead atoms. The van der Waals surface area contributed by atoms with Crippen LogP contribution in [0.3, 0.4) is 0 Å². The van der Waals surface area contributed by atoms with Crippen molar-refractivity contribution in [2.24, 2.45) is 11.6 Å². The monoisotopic (exact) mass is 459 g/mol. The summed E-state index contributed by atoms with van der Waals surface area (Å²) in [6, 6.07) is 15.5. The largest absolute Gasteiger partial charge is 0.341 e. The van der Waals surface area contributed by atoms with Crippen molar-refractivity contribution in [3.05, 3.63) is 71.3 Å². The van der Waals surface area contributed by atoms with Crippen molar-refractivity contribution in [1.82, 2.24) is 15.0 Å². The second kappa shape index (κ2) is 11.0. The fourth-order valence-electron chi connectivity index (χ4n) is 4.14. The van der Waals surface area contributed by atoms with Gasteiger partial charge in [-0.1, -0.05) is 67.4 Å². The molecule has 1 aliphatic rings. The van der Waals surface area contributed by atoms with Crippen LogP contribution < -0.4 is 21.7 Å². The van der Waals surface area contributed by atoms with Gasteiger partial charge >= 0.3 is 0 Å². The molecule has 9 heteroatoms. The highest BCUT2D eigenvalue weighted by atomic mass is 32.2. The zero-order valence-corrected chi connectivity index (χ0v) is 19.2. The van der Waals surface area contributed by atoms with Gasteiger partial charge in [0.05, 0.1) is 11.9 Å². The van der Waals surface area contributed by atoms with E-state index in [2.05, 4.69) is 10.1 Å². The summed E-state index contributed by atoms with van der Waals surface area (Å²) in [4.78, 5) is 15.1. The number of sulfonamides is 1. The molecule has 1 fully saturated rings. The summed E-state index contributed by atoms with van der Waals surface area (Å²) >= 11 is 0. The first-order chi connectivity index (χ1) is 15.3. The molecule has 1 unspecified atom stereocenters. The van der Waals surface area contributed by atoms with Crippen LogP contribution >= 0.6 is 0 Å². The van der Waals surface area contributed by atoms with Crippen LogP contribution in [0.2, 0.25) is 0 Å². The average Bonchev–Trinajstić information content (AvgIpc) is 3.33. The number of carbonyl (C=O) groups is 1. The molecule has 32 heavy (non-hydrogen) atoms. The number of nitrogens with zero attached hydrogens (tertiary/aromatic N) is 1. The minimum atomic E-state index is -3.73. The highest BCUT2D eigenvalue weighted by Crippen LogP contribution is 2.23. The van der Waals surface area contributed by atoms with Gasteiger partial charge in [0.2, 0.25) is 15.9 Å². The maximum Gasteiger partial charge on any atom is 0.241 e. The summed E-state index contributed by atoms with van der Waals surface area (Å²) in [7, 11) is -1.96. The Bertz CT molecular complexity index is 976. The summed E-state index contributed by atoms with van der Waals surface area (Å²) in [6.45, 7) is 0. The van der Waals surface area contributed by atoms with Crippen molar-refractivity contribution in [2.45, 2.75) is 56.1 Å². The van der Waals surface area contributed by atoms with Gasteiger partial charge in [0.15, 0.2) is 0 Å². The second-order valence-electron chi connectivity index (χ2n) is 8.39. The third-order valence-electron chi connectivity index (χ3n) is 6.00. The topological polar surface area (TPSA) is 131 Å². The Morgan fingerprint density at radius 1 is 1.06 bits per heavy atom. The van der Waals surface area contributed by atoms with Gasteiger partial charge in [-0.2, -0.15) is 0 Å². The van der Waals surface area contributed by atoms with Gasteiger partial charge in [0.25, 0.3) is 0 Å². The van der Waals surface area contributed by atoms with Crippen molar-refractivity contribution in [3.63, 3.8) is 0 Å². The van der Waals surface area contributed by atoms with Gasteiger partial charge in [-0.3, -0.25) is 10.6 Å². The third-order valence-corrected chi connectivity index (χ3v) is 7.35. The predicted molar refractivity (Wildman–Crippen MR) is 125 cm³/mol. The second-order valence-corrected chi connectivity index (χ2v) is 10.1. The summed E-state index contributed by atoms with van der Waals surface area (Å²) in [6.07, 6.45) is 3.82. The number of nitrogens with one attached hydrogen (secondary N) is 2. The molecule has 0 radical (unpaired) electrons. The molecule has 0 spiro atoms. The lowest BCUT2D eigenvalue weighted by molar-refractivity contribution is -0.133. The van der Waals surface area contributed by atoms with Crippen molar-refractivity contribution in [3.8, 4) is 0 Å². The lowest BCUT2D eigenvalue weighted by atomic mass is 10.0. The zero-order valence-electron chi connectivity index (χ0n) is 18.4. The normalized spacial score (nSPS) is 16.6. The van der Waals surface area contributed by atoms with Crippen LogP contribution in [0.5, 0.6) is 0 Å². The first-order valence-electron chi connectivity index (χ1n) is 10.9. The maximum absolute atomic E-state index is 13.3. The Morgan fingerprint density at radius 3 is 2.28 bits per heavy atom. The van der Waals surface area contributed by atoms with Crippen molar-refractivity contribution >= 4 is 15.9 Å². The van der Waals surface area contributed by atoms with E-state index < -0.39 is 22.2 Å². The van der Waals surface area contributed by atoms with Crippen molar-refractivity contribution < 1.29 is 13.2 Å². The highest BCUT2D eigenvalue weighted by molar-refractivity contribution is 7.88. The summed E-state index contributed by atoms with van der Waals surface area (Å²) in [5.74, 6) is 5.00. The molecule has 8 nitrogen and oxygen atoms in total. The molecule has 3 rings (SSSR count).